The summed E-state index contributed by atoms with van der Waals surface area (Å²) in [6.45, 7) is 3.09. The number of benzene rings is 2. The van der Waals surface area contributed by atoms with Gasteiger partial charge >= 0.3 is 0 Å². The van der Waals surface area contributed by atoms with Gasteiger partial charge < -0.3 is 19.5 Å². The van der Waals surface area contributed by atoms with Crippen LogP contribution in [-0.2, 0) is 14.8 Å². The SMILES string of the molecule is CCCNC(=O)[C@H]1CN(S(=O)(=O)c2ccc3c(c2)OCCO3)c2ccccc2O1. The zero-order chi connectivity index (χ0) is 20.4. The van der Waals surface area contributed by atoms with E-state index in [1.807, 2.05) is 6.92 Å². The summed E-state index contributed by atoms with van der Waals surface area (Å²) in [5.74, 6) is 0.894. The zero-order valence-electron chi connectivity index (χ0n) is 16.0. The predicted octanol–water partition coefficient (Wildman–Crippen LogP) is 1.94. The zero-order valence-corrected chi connectivity index (χ0v) is 16.8. The maximum Gasteiger partial charge on any atom is 0.264 e. The molecule has 0 aliphatic carbocycles. The average Bonchev–Trinajstić information content (AvgIpc) is 2.76. The van der Waals surface area contributed by atoms with Crippen LogP contribution in [0.25, 0.3) is 0 Å². The molecule has 2 heterocycles. The van der Waals surface area contributed by atoms with E-state index in [0.29, 0.717) is 42.7 Å². The smallest absolute Gasteiger partial charge is 0.264 e. The van der Waals surface area contributed by atoms with Gasteiger partial charge in [0.2, 0.25) is 0 Å². The Bertz CT molecular complexity index is 1020. The summed E-state index contributed by atoms with van der Waals surface area (Å²) in [5.41, 5.74) is 0.391. The summed E-state index contributed by atoms with van der Waals surface area (Å²) in [7, 11) is -3.96. The van der Waals surface area contributed by atoms with E-state index in [1.165, 1.54) is 16.4 Å². The van der Waals surface area contributed by atoms with Gasteiger partial charge in [-0.2, -0.15) is 0 Å². The Kier molecular flexibility index (Phi) is 5.23. The first kappa shape index (κ1) is 19.4. The van der Waals surface area contributed by atoms with Crippen LogP contribution in [0.4, 0.5) is 5.69 Å². The first-order chi connectivity index (χ1) is 14.0. The van der Waals surface area contributed by atoms with Crippen molar-refractivity contribution in [2.45, 2.75) is 24.3 Å². The Morgan fingerprint density at radius 1 is 1.10 bits per heavy atom. The molecule has 0 saturated heterocycles. The fourth-order valence-corrected chi connectivity index (χ4v) is 4.73. The number of hydrogen-bond acceptors (Lipinski definition) is 6. The lowest BCUT2D eigenvalue weighted by Gasteiger charge is -2.34. The molecule has 0 radical (unpaired) electrons. The first-order valence-corrected chi connectivity index (χ1v) is 10.9. The molecule has 1 N–H and O–H groups in total. The summed E-state index contributed by atoms with van der Waals surface area (Å²) in [5, 5.41) is 2.76. The van der Waals surface area contributed by atoms with Crippen LogP contribution in [0.1, 0.15) is 13.3 Å². The third kappa shape index (κ3) is 3.69. The van der Waals surface area contributed by atoms with Gasteiger partial charge in [0, 0.05) is 12.6 Å². The minimum absolute atomic E-state index is 0.0613. The van der Waals surface area contributed by atoms with Gasteiger partial charge in [0.15, 0.2) is 17.6 Å². The molecule has 0 fully saturated rings. The number of ether oxygens (including phenoxy) is 3. The van der Waals surface area contributed by atoms with Gasteiger partial charge in [-0.3, -0.25) is 9.10 Å². The fourth-order valence-electron chi connectivity index (χ4n) is 3.24. The quantitative estimate of drug-likeness (QED) is 0.798. The number of hydrogen-bond donors (Lipinski definition) is 1. The minimum atomic E-state index is -3.96. The van der Waals surface area contributed by atoms with E-state index in [9.17, 15) is 13.2 Å². The number of anilines is 1. The highest BCUT2D eigenvalue weighted by Gasteiger charge is 2.37. The Hall–Kier alpha value is -2.94. The molecule has 2 aliphatic rings. The highest BCUT2D eigenvalue weighted by Crippen LogP contribution is 2.39. The number of rotatable bonds is 5. The number of para-hydroxylation sites is 2. The van der Waals surface area contributed by atoms with Gasteiger partial charge in [-0.25, -0.2) is 8.42 Å². The van der Waals surface area contributed by atoms with Crippen LogP contribution in [0.3, 0.4) is 0 Å². The standard InChI is InChI=1S/C20H22N2O6S/c1-2-9-21-20(23)19-13-22(15-5-3-4-6-16(15)28-19)29(24,25)14-7-8-17-18(12-14)27-11-10-26-17/h3-8,12,19H,2,9-11,13H2,1H3,(H,21,23)/t19-/m1/s1. The van der Waals surface area contributed by atoms with Crippen molar-refractivity contribution < 1.29 is 27.4 Å². The van der Waals surface area contributed by atoms with Crippen molar-refractivity contribution >= 4 is 21.6 Å². The fraction of sp³-hybridized carbons (Fsp3) is 0.350. The number of carbonyl (C=O) groups is 1. The van der Waals surface area contributed by atoms with E-state index in [4.69, 9.17) is 14.2 Å². The van der Waals surface area contributed by atoms with Gasteiger partial charge in [-0.15, -0.1) is 0 Å². The van der Waals surface area contributed by atoms with E-state index >= 15 is 0 Å². The summed E-state index contributed by atoms with van der Waals surface area (Å²) < 4.78 is 44.9. The number of nitrogens with one attached hydrogen (secondary N) is 1. The lowest BCUT2D eigenvalue weighted by atomic mass is 10.2. The lowest BCUT2D eigenvalue weighted by molar-refractivity contribution is -0.127. The monoisotopic (exact) mass is 418 g/mol. The molecule has 4 rings (SSSR count). The predicted molar refractivity (Wildman–Crippen MR) is 106 cm³/mol. The Morgan fingerprint density at radius 3 is 2.66 bits per heavy atom. The van der Waals surface area contributed by atoms with E-state index < -0.39 is 16.1 Å². The molecule has 154 valence electrons. The van der Waals surface area contributed by atoms with Gasteiger partial charge in [0.1, 0.15) is 19.0 Å². The van der Waals surface area contributed by atoms with Crippen LogP contribution in [0.5, 0.6) is 17.2 Å². The van der Waals surface area contributed by atoms with Gasteiger partial charge in [0.05, 0.1) is 17.1 Å². The summed E-state index contributed by atoms with van der Waals surface area (Å²) in [4.78, 5) is 12.5. The third-order valence-electron chi connectivity index (χ3n) is 4.68. The molecule has 2 aliphatic heterocycles. The molecule has 1 amide bonds. The second-order valence-electron chi connectivity index (χ2n) is 6.71. The van der Waals surface area contributed by atoms with Gasteiger partial charge in [0.25, 0.3) is 15.9 Å². The number of amides is 1. The van der Waals surface area contributed by atoms with Crippen molar-refractivity contribution in [1.29, 1.82) is 0 Å². The van der Waals surface area contributed by atoms with Crippen molar-refractivity contribution in [2.75, 3.05) is 30.6 Å². The number of carbonyl (C=O) groups excluding carboxylic acids is 1. The van der Waals surface area contributed by atoms with Crippen LogP contribution < -0.4 is 23.8 Å². The van der Waals surface area contributed by atoms with Crippen molar-refractivity contribution in [2.24, 2.45) is 0 Å². The van der Waals surface area contributed by atoms with Crippen LogP contribution in [0.15, 0.2) is 47.4 Å². The number of sulfonamides is 1. The highest BCUT2D eigenvalue weighted by atomic mass is 32.2. The summed E-state index contributed by atoms with van der Waals surface area (Å²) in [6.07, 6.45) is -0.169. The molecule has 0 bridgehead atoms. The molecule has 0 spiro atoms. The molecule has 0 saturated carbocycles. The maximum atomic E-state index is 13.5. The van der Waals surface area contributed by atoms with E-state index in [0.717, 1.165) is 6.42 Å². The average molecular weight is 418 g/mol. The van der Waals surface area contributed by atoms with Gasteiger partial charge in [-0.1, -0.05) is 19.1 Å². The Labute approximate surface area is 169 Å². The molecule has 8 nitrogen and oxygen atoms in total. The molecule has 0 unspecified atom stereocenters. The normalized spacial score (nSPS) is 17.8. The van der Waals surface area contributed by atoms with Crippen molar-refractivity contribution in [3.05, 3.63) is 42.5 Å². The highest BCUT2D eigenvalue weighted by molar-refractivity contribution is 7.92. The second-order valence-corrected chi connectivity index (χ2v) is 8.57. The molecular formula is C20H22N2O6S. The Balaban J connectivity index is 1.70. The van der Waals surface area contributed by atoms with E-state index in [-0.39, 0.29) is 17.3 Å². The van der Waals surface area contributed by atoms with Crippen LogP contribution in [0, 0.1) is 0 Å². The molecule has 0 aromatic heterocycles. The first-order valence-electron chi connectivity index (χ1n) is 9.46. The van der Waals surface area contributed by atoms with Crippen molar-refractivity contribution in [3.63, 3.8) is 0 Å². The molecule has 2 aromatic rings. The number of fused-ring (bicyclic) bond motifs is 2. The largest absolute Gasteiger partial charge is 0.486 e. The van der Waals surface area contributed by atoms with Crippen LogP contribution >= 0.6 is 0 Å². The molecule has 9 heteroatoms. The van der Waals surface area contributed by atoms with E-state index in [1.54, 1.807) is 30.3 Å². The molecule has 29 heavy (non-hydrogen) atoms. The molecule has 2 aromatic carbocycles. The van der Waals surface area contributed by atoms with Crippen LogP contribution in [0.2, 0.25) is 0 Å². The van der Waals surface area contributed by atoms with Gasteiger partial charge in [-0.05, 0) is 30.7 Å². The Morgan fingerprint density at radius 2 is 1.86 bits per heavy atom. The second kappa shape index (κ2) is 7.82. The van der Waals surface area contributed by atoms with Crippen molar-refractivity contribution in [3.8, 4) is 17.2 Å². The third-order valence-corrected chi connectivity index (χ3v) is 6.45. The van der Waals surface area contributed by atoms with Crippen LogP contribution in [-0.4, -0.2) is 46.7 Å². The summed E-state index contributed by atoms with van der Waals surface area (Å²) >= 11 is 0. The van der Waals surface area contributed by atoms with Crippen molar-refractivity contribution in [1.82, 2.24) is 5.32 Å². The summed E-state index contributed by atoms with van der Waals surface area (Å²) in [6, 6.07) is 11.3. The lowest BCUT2D eigenvalue weighted by Crippen LogP contribution is -2.50. The number of nitrogens with zero attached hydrogens (tertiary/aromatic N) is 1. The minimum Gasteiger partial charge on any atom is -0.486 e. The molecular weight excluding hydrogens is 396 g/mol. The van der Waals surface area contributed by atoms with E-state index in [2.05, 4.69) is 5.32 Å². The topological polar surface area (TPSA) is 94.2 Å². The molecule has 1 atom stereocenters. The maximum absolute atomic E-state index is 13.5.